The van der Waals surface area contributed by atoms with E-state index in [1.165, 1.54) is 54.8 Å². The van der Waals surface area contributed by atoms with Gasteiger partial charge in [0.1, 0.15) is 0 Å². The second-order valence-corrected chi connectivity index (χ2v) is 12.0. The van der Waals surface area contributed by atoms with Crippen molar-refractivity contribution in [2.24, 2.45) is 0 Å². The van der Waals surface area contributed by atoms with Crippen LogP contribution in [0.15, 0.2) is 158 Å². The average Bonchev–Trinajstić information content (AvgIpc) is 3.46. The number of nitrogens with zero attached hydrogens (tertiary/aromatic N) is 3. The Balaban J connectivity index is 1.25. The van der Waals surface area contributed by atoms with Gasteiger partial charge in [-0.15, -0.1) is 0 Å². The lowest BCUT2D eigenvalue weighted by molar-refractivity contribution is 1.19. The van der Waals surface area contributed by atoms with Crippen molar-refractivity contribution in [3.05, 3.63) is 163 Å². The highest BCUT2D eigenvalue weighted by atomic mass is 15.0. The molecular weight excluding hydrogens is 558 g/mol. The molecule has 7 aromatic carbocycles. The number of aromatic nitrogens is 3. The molecule has 3 nitrogen and oxygen atoms in total. The van der Waals surface area contributed by atoms with Crippen molar-refractivity contribution >= 4 is 43.5 Å². The number of hydrogen-bond donors (Lipinski definition) is 0. The molecule has 0 bridgehead atoms. The second-order valence-electron chi connectivity index (χ2n) is 12.0. The van der Waals surface area contributed by atoms with Crippen LogP contribution in [0.2, 0.25) is 0 Å². The monoisotopic (exact) mass is 587 g/mol. The molecule has 3 heteroatoms. The zero-order valence-electron chi connectivity index (χ0n) is 25.4. The minimum Gasteiger partial charge on any atom is -0.309 e. The van der Waals surface area contributed by atoms with Crippen molar-refractivity contribution in [2.45, 2.75) is 6.92 Å². The summed E-state index contributed by atoms with van der Waals surface area (Å²) < 4.78 is 2.43. The first-order chi connectivity index (χ1) is 22.7. The second kappa shape index (κ2) is 10.5. The van der Waals surface area contributed by atoms with Gasteiger partial charge in [0.05, 0.1) is 16.6 Å². The van der Waals surface area contributed by atoms with E-state index in [9.17, 15) is 0 Å². The van der Waals surface area contributed by atoms with E-state index >= 15 is 0 Å². The molecule has 0 unspecified atom stereocenters. The van der Waals surface area contributed by atoms with Crippen molar-refractivity contribution in [2.75, 3.05) is 0 Å². The Hall–Kier alpha value is -6.06. The van der Waals surface area contributed by atoms with Gasteiger partial charge in [0.2, 0.25) is 0 Å². The van der Waals surface area contributed by atoms with Crippen LogP contribution in [0, 0.1) is 6.92 Å². The van der Waals surface area contributed by atoms with Crippen LogP contribution in [0.5, 0.6) is 0 Å². The Morgan fingerprint density at radius 3 is 2.07 bits per heavy atom. The zero-order valence-corrected chi connectivity index (χ0v) is 25.4. The molecule has 2 heterocycles. The van der Waals surface area contributed by atoms with Crippen LogP contribution in [0.1, 0.15) is 5.56 Å². The van der Waals surface area contributed by atoms with E-state index in [4.69, 9.17) is 9.97 Å². The molecule has 216 valence electrons. The van der Waals surface area contributed by atoms with Gasteiger partial charge in [0.15, 0.2) is 5.82 Å². The molecule has 0 radical (unpaired) electrons. The zero-order chi connectivity index (χ0) is 30.6. The van der Waals surface area contributed by atoms with E-state index in [-0.39, 0.29) is 0 Å². The van der Waals surface area contributed by atoms with E-state index in [0.29, 0.717) is 0 Å². The molecule has 0 saturated carbocycles. The maximum Gasteiger partial charge on any atom is 0.159 e. The van der Waals surface area contributed by atoms with Crippen molar-refractivity contribution in [1.29, 1.82) is 0 Å². The first-order valence-electron chi connectivity index (χ1n) is 15.7. The van der Waals surface area contributed by atoms with Gasteiger partial charge in [0, 0.05) is 39.0 Å². The molecule has 0 spiro atoms. The molecule has 46 heavy (non-hydrogen) atoms. The fourth-order valence-electron chi connectivity index (χ4n) is 6.96. The molecule has 0 aliphatic heterocycles. The van der Waals surface area contributed by atoms with Crippen LogP contribution in [0.4, 0.5) is 0 Å². The predicted molar refractivity (Wildman–Crippen MR) is 192 cm³/mol. The molecule has 0 atom stereocenters. The minimum atomic E-state index is 0.738. The van der Waals surface area contributed by atoms with Crippen molar-refractivity contribution in [1.82, 2.24) is 14.5 Å². The normalized spacial score (nSPS) is 11.6. The smallest absolute Gasteiger partial charge is 0.159 e. The van der Waals surface area contributed by atoms with Gasteiger partial charge < -0.3 is 4.57 Å². The SMILES string of the molecule is Cc1cc(-c2ncc3ccccc3n2)cc(-c2ccccc2-c2ccc3c4ccc5ccccc5c4n(-c4ccccc4)c3c2)c1. The van der Waals surface area contributed by atoms with Gasteiger partial charge in [-0.3, -0.25) is 0 Å². The molecular formula is C43H29N3. The quantitative estimate of drug-likeness (QED) is 0.205. The lowest BCUT2D eigenvalue weighted by Crippen LogP contribution is -1.95. The Morgan fingerprint density at radius 2 is 1.20 bits per heavy atom. The van der Waals surface area contributed by atoms with E-state index in [2.05, 4.69) is 139 Å². The molecule has 0 aliphatic carbocycles. The summed E-state index contributed by atoms with van der Waals surface area (Å²) in [5, 5.41) is 6.05. The summed E-state index contributed by atoms with van der Waals surface area (Å²) >= 11 is 0. The van der Waals surface area contributed by atoms with Crippen LogP contribution in [0.3, 0.4) is 0 Å². The summed E-state index contributed by atoms with van der Waals surface area (Å²) in [7, 11) is 0. The van der Waals surface area contributed by atoms with Gasteiger partial charge in [-0.05, 0) is 76.5 Å². The molecule has 0 aliphatic rings. The summed E-state index contributed by atoms with van der Waals surface area (Å²) in [5.74, 6) is 0.738. The molecule has 0 fully saturated rings. The van der Waals surface area contributed by atoms with Crippen LogP contribution in [-0.4, -0.2) is 14.5 Å². The van der Waals surface area contributed by atoms with Gasteiger partial charge in [-0.2, -0.15) is 0 Å². The van der Waals surface area contributed by atoms with Gasteiger partial charge in [0.25, 0.3) is 0 Å². The van der Waals surface area contributed by atoms with E-state index in [1.807, 2.05) is 30.5 Å². The third kappa shape index (κ3) is 4.28. The predicted octanol–water partition coefficient (Wildman–Crippen LogP) is 11.2. The summed E-state index contributed by atoms with van der Waals surface area (Å²) in [6.45, 7) is 2.14. The number of para-hydroxylation sites is 2. The largest absolute Gasteiger partial charge is 0.309 e. The standard InChI is InChI=1S/C43H29N3/c1-28-23-32(25-33(24-28)43-44-27-31-12-6-10-18-40(31)45-43)36-16-9-8-15-35(36)30-20-21-38-39-22-19-29-11-5-7-17-37(29)42(39)46(41(38)26-30)34-13-3-2-4-14-34/h2-27H,1H3. The number of aryl methyl sites for hydroxylation is 1. The number of fused-ring (bicyclic) bond motifs is 6. The Labute approximate surface area is 267 Å². The maximum absolute atomic E-state index is 4.90. The van der Waals surface area contributed by atoms with Gasteiger partial charge in [-0.25, -0.2) is 9.97 Å². The Bertz CT molecular complexity index is 2600. The fraction of sp³-hybridized carbons (Fsp3) is 0.0233. The van der Waals surface area contributed by atoms with Crippen molar-refractivity contribution in [3.8, 4) is 39.3 Å². The molecule has 9 rings (SSSR count). The lowest BCUT2D eigenvalue weighted by atomic mass is 9.92. The third-order valence-corrected chi connectivity index (χ3v) is 9.04. The summed E-state index contributed by atoms with van der Waals surface area (Å²) in [5.41, 5.74) is 11.4. The Kier molecular flexibility index (Phi) is 6.04. The molecule has 0 amide bonds. The third-order valence-electron chi connectivity index (χ3n) is 9.04. The fourth-order valence-corrected chi connectivity index (χ4v) is 6.96. The summed E-state index contributed by atoms with van der Waals surface area (Å²) in [6.07, 6.45) is 1.91. The molecule has 2 aromatic heterocycles. The van der Waals surface area contributed by atoms with Crippen LogP contribution < -0.4 is 0 Å². The first kappa shape index (κ1) is 26.4. The topological polar surface area (TPSA) is 30.7 Å². The van der Waals surface area contributed by atoms with Crippen molar-refractivity contribution in [3.63, 3.8) is 0 Å². The molecule has 0 N–H and O–H groups in total. The number of hydrogen-bond acceptors (Lipinski definition) is 2. The van der Waals surface area contributed by atoms with Crippen LogP contribution >= 0.6 is 0 Å². The van der Waals surface area contributed by atoms with E-state index < -0.39 is 0 Å². The summed E-state index contributed by atoms with van der Waals surface area (Å²) in [4.78, 5) is 9.64. The van der Waals surface area contributed by atoms with Gasteiger partial charge in [-0.1, -0.05) is 115 Å². The Morgan fingerprint density at radius 1 is 0.500 bits per heavy atom. The minimum absolute atomic E-state index is 0.738. The number of rotatable bonds is 4. The molecule has 9 aromatic rings. The average molecular weight is 588 g/mol. The van der Waals surface area contributed by atoms with Gasteiger partial charge >= 0.3 is 0 Å². The van der Waals surface area contributed by atoms with E-state index in [1.54, 1.807) is 0 Å². The van der Waals surface area contributed by atoms with Crippen LogP contribution in [-0.2, 0) is 0 Å². The lowest BCUT2D eigenvalue weighted by Gasteiger charge is -2.14. The highest BCUT2D eigenvalue weighted by molar-refractivity contribution is 6.19. The first-order valence-corrected chi connectivity index (χ1v) is 15.7. The summed E-state index contributed by atoms with van der Waals surface area (Å²) in [6, 6.07) is 54.3. The molecule has 0 saturated heterocycles. The highest BCUT2D eigenvalue weighted by Crippen LogP contribution is 2.40. The van der Waals surface area contributed by atoms with Crippen LogP contribution in [0.25, 0.3) is 82.8 Å². The maximum atomic E-state index is 4.90. The number of benzene rings is 7. The highest BCUT2D eigenvalue weighted by Gasteiger charge is 2.17. The van der Waals surface area contributed by atoms with Crippen molar-refractivity contribution < 1.29 is 0 Å². The van der Waals surface area contributed by atoms with E-state index in [0.717, 1.165) is 33.5 Å².